The Balaban J connectivity index is 1.35. The number of aromatic nitrogens is 3. The zero-order chi connectivity index (χ0) is 28.6. The summed E-state index contributed by atoms with van der Waals surface area (Å²) < 4.78 is 56.0. The predicted octanol–water partition coefficient (Wildman–Crippen LogP) is 3.83. The summed E-state index contributed by atoms with van der Waals surface area (Å²) in [7, 11) is 0. The molecule has 12 heteroatoms. The van der Waals surface area contributed by atoms with E-state index in [2.05, 4.69) is 10.1 Å². The number of imidazole rings is 1. The van der Waals surface area contributed by atoms with Gasteiger partial charge in [-0.1, -0.05) is 30.3 Å². The molecule has 208 valence electrons. The third-order valence-corrected chi connectivity index (χ3v) is 6.84. The van der Waals surface area contributed by atoms with E-state index in [1.165, 1.54) is 21.9 Å². The molecule has 0 bridgehead atoms. The van der Waals surface area contributed by atoms with Crippen molar-refractivity contribution in [2.45, 2.75) is 31.7 Å². The zero-order valence-electron chi connectivity index (χ0n) is 21.3. The molecule has 2 aromatic carbocycles. The number of carbonyl (C=O) groups is 2. The number of hydrogen-bond donors (Lipinski definition) is 1. The molecule has 8 nitrogen and oxygen atoms in total. The summed E-state index contributed by atoms with van der Waals surface area (Å²) in [4.78, 5) is 33.0. The van der Waals surface area contributed by atoms with Crippen molar-refractivity contribution in [3.63, 3.8) is 0 Å². The molecule has 2 atom stereocenters. The molecule has 40 heavy (non-hydrogen) atoms. The van der Waals surface area contributed by atoms with Gasteiger partial charge in [0.05, 0.1) is 11.9 Å². The highest BCUT2D eigenvalue weighted by atomic mass is 19.4. The zero-order valence-corrected chi connectivity index (χ0v) is 21.3. The van der Waals surface area contributed by atoms with Crippen LogP contribution in [-0.4, -0.2) is 73.1 Å². The number of fused-ring (bicyclic) bond motifs is 1. The fourth-order valence-electron chi connectivity index (χ4n) is 4.80. The topological polar surface area (TPSA) is 91.0 Å². The molecular formula is C28H25F4N5O3. The lowest BCUT2D eigenvalue weighted by Crippen LogP contribution is -2.57. The summed E-state index contributed by atoms with van der Waals surface area (Å²) in [6, 6.07) is 14.3. The van der Waals surface area contributed by atoms with Gasteiger partial charge in [0.1, 0.15) is 23.2 Å². The highest BCUT2D eigenvalue weighted by Gasteiger charge is 2.37. The van der Waals surface area contributed by atoms with Gasteiger partial charge in [0, 0.05) is 37.7 Å². The number of carbonyl (C=O) groups excluding carboxylic acids is 2. The maximum atomic E-state index is 13.9. The molecule has 2 amide bonds. The molecule has 5 rings (SSSR count). The van der Waals surface area contributed by atoms with Crippen LogP contribution in [0.4, 0.5) is 17.6 Å². The maximum absolute atomic E-state index is 13.9. The van der Waals surface area contributed by atoms with Gasteiger partial charge in [-0.3, -0.25) is 9.59 Å². The van der Waals surface area contributed by atoms with Crippen LogP contribution < -0.4 is 0 Å². The molecule has 0 radical (unpaired) electrons. The molecule has 0 saturated carbocycles. The Hall–Kier alpha value is -4.32. The number of alkyl halides is 3. The van der Waals surface area contributed by atoms with Crippen LogP contribution in [0, 0.1) is 5.82 Å². The Morgan fingerprint density at radius 3 is 2.42 bits per heavy atom. The number of amides is 2. The minimum atomic E-state index is -4.79. The smallest absolute Gasteiger partial charge is 0.383 e. The normalized spacial score (nSPS) is 16.8. The third-order valence-electron chi connectivity index (χ3n) is 6.84. The van der Waals surface area contributed by atoms with E-state index in [9.17, 15) is 32.3 Å². The number of benzene rings is 2. The predicted molar refractivity (Wildman–Crippen MR) is 137 cm³/mol. The first-order valence-electron chi connectivity index (χ1n) is 12.6. The van der Waals surface area contributed by atoms with E-state index in [1.807, 2.05) is 30.3 Å². The van der Waals surface area contributed by atoms with Crippen molar-refractivity contribution in [3.8, 4) is 11.3 Å². The van der Waals surface area contributed by atoms with Gasteiger partial charge < -0.3 is 14.9 Å². The van der Waals surface area contributed by atoms with Gasteiger partial charge in [-0.25, -0.2) is 13.9 Å². The van der Waals surface area contributed by atoms with Gasteiger partial charge in [0.15, 0.2) is 5.65 Å². The fourth-order valence-corrected chi connectivity index (χ4v) is 4.80. The Morgan fingerprint density at radius 2 is 1.77 bits per heavy atom. The minimum Gasteiger partial charge on any atom is -0.383 e. The molecule has 1 N–H and O–H groups in total. The average molecular weight is 556 g/mol. The standard InChI is InChI=1S/C28H25F4N5O3/c1-17-15-35(11-12-36(17)27(40)24(38)13-18-5-3-2-4-6-18)26(39)23-16-37-25(33-23)21(28(30,31)32)14-22(34-37)19-7-9-20(29)10-8-19/h2-10,14,16-17,24,38H,11-13,15H2,1H3/t17-,24?/m0/s1. The van der Waals surface area contributed by atoms with Gasteiger partial charge >= 0.3 is 6.18 Å². The average Bonchev–Trinajstić information content (AvgIpc) is 3.36. The molecule has 3 heterocycles. The number of nitrogens with zero attached hydrogens (tertiary/aromatic N) is 5. The molecule has 1 aliphatic rings. The summed E-state index contributed by atoms with van der Waals surface area (Å²) in [5.74, 6) is -1.60. The summed E-state index contributed by atoms with van der Waals surface area (Å²) in [5.41, 5.74) is -0.841. The van der Waals surface area contributed by atoms with Crippen molar-refractivity contribution in [1.82, 2.24) is 24.4 Å². The van der Waals surface area contributed by atoms with Crippen molar-refractivity contribution >= 4 is 17.5 Å². The Labute approximate surface area is 226 Å². The molecule has 2 aromatic heterocycles. The molecule has 1 saturated heterocycles. The monoisotopic (exact) mass is 555 g/mol. The van der Waals surface area contributed by atoms with Gasteiger partial charge in [-0.2, -0.15) is 18.3 Å². The largest absolute Gasteiger partial charge is 0.420 e. The third kappa shape index (κ3) is 5.53. The van der Waals surface area contributed by atoms with Crippen molar-refractivity contribution in [2.75, 3.05) is 19.6 Å². The van der Waals surface area contributed by atoms with Crippen molar-refractivity contribution in [3.05, 3.63) is 89.5 Å². The Morgan fingerprint density at radius 1 is 1.07 bits per heavy atom. The van der Waals surface area contributed by atoms with Crippen LogP contribution in [0.15, 0.2) is 66.9 Å². The highest BCUT2D eigenvalue weighted by molar-refractivity contribution is 5.93. The van der Waals surface area contributed by atoms with Gasteiger partial charge in [-0.05, 0) is 42.8 Å². The van der Waals surface area contributed by atoms with E-state index in [-0.39, 0.29) is 43.0 Å². The minimum absolute atomic E-state index is 0.0639. The van der Waals surface area contributed by atoms with Crippen LogP contribution in [0.2, 0.25) is 0 Å². The summed E-state index contributed by atoms with van der Waals surface area (Å²) in [6.45, 7) is 2.10. The van der Waals surface area contributed by atoms with Crippen LogP contribution in [0.25, 0.3) is 16.9 Å². The van der Waals surface area contributed by atoms with E-state index in [1.54, 1.807) is 6.92 Å². The van der Waals surface area contributed by atoms with Crippen molar-refractivity contribution < 1.29 is 32.3 Å². The molecule has 0 aliphatic carbocycles. The molecular weight excluding hydrogens is 530 g/mol. The molecule has 4 aromatic rings. The second-order valence-electron chi connectivity index (χ2n) is 9.68. The van der Waals surface area contributed by atoms with Crippen molar-refractivity contribution in [2.24, 2.45) is 0 Å². The van der Waals surface area contributed by atoms with E-state index >= 15 is 0 Å². The maximum Gasteiger partial charge on any atom is 0.420 e. The number of halogens is 4. The van der Waals surface area contributed by atoms with Crippen LogP contribution in [0.1, 0.15) is 28.5 Å². The molecule has 1 fully saturated rings. The second-order valence-corrected chi connectivity index (χ2v) is 9.68. The van der Waals surface area contributed by atoms with E-state index < -0.39 is 47.2 Å². The molecule has 0 spiro atoms. The van der Waals surface area contributed by atoms with Crippen LogP contribution in [0.5, 0.6) is 0 Å². The summed E-state index contributed by atoms with van der Waals surface area (Å²) >= 11 is 0. The van der Waals surface area contributed by atoms with Crippen LogP contribution >= 0.6 is 0 Å². The van der Waals surface area contributed by atoms with Crippen LogP contribution in [0.3, 0.4) is 0 Å². The number of aliphatic hydroxyl groups excluding tert-OH is 1. The van der Waals surface area contributed by atoms with Gasteiger partial charge in [0.2, 0.25) is 0 Å². The van der Waals surface area contributed by atoms with Crippen LogP contribution in [-0.2, 0) is 17.4 Å². The Bertz CT molecular complexity index is 1540. The van der Waals surface area contributed by atoms with E-state index in [4.69, 9.17) is 0 Å². The number of aliphatic hydroxyl groups is 1. The lowest BCUT2D eigenvalue weighted by molar-refractivity contribution is -0.144. The summed E-state index contributed by atoms with van der Waals surface area (Å²) in [6.07, 6.45) is -4.74. The first-order chi connectivity index (χ1) is 19.0. The van der Waals surface area contributed by atoms with Gasteiger partial charge in [0.25, 0.3) is 11.8 Å². The van der Waals surface area contributed by atoms with Gasteiger partial charge in [-0.15, -0.1) is 0 Å². The second kappa shape index (κ2) is 10.7. The fraction of sp³-hybridized carbons (Fsp3) is 0.286. The lowest BCUT2D eigenvalue weighted by Gasteiger charge is -2.40. The first-order valence-corrected chi connectivity index (χ1v) is 12.6. The molecule has 1 unspecified atom stereocenters. The SMILES string of the molecule is C[C@H]1CN(C(=O)c2cn3nc(-c4ccc(F)cc4)cc(C(F)(F)F)c3n2)CCN1C(=O)C(O)Cc1ccccc1. The van der Waals surface area contributed by atoms with E-state index in [0.717, 1.165) is 34.5 Å². The Kier molecular flexibility index (Phi) is 7.28. The number of piperazine rings is 1. The molecule has 1 aliphatic heterocycles. The van der Waals surface area contributed by atoms with E-state index in [0.29, 0.717) is 0 Å². The summed E-state index contributed by atoms with van der Waals surface area (Å²) in [5, 5.41) is 14.7. The number of hydrogen-bond acceptors (Lipinski definition) is 5. The highest BCUT2D eigenvalue weighted by Crippen LogP contribution is 2.34. The number of rotatable bonds is 5. The lowest BCUT2D eigenvalue weighted by atomic mass is 10.1. The van der Waals surface area contributed by atoms with Crippen molar-refractivity contribution in [1.29, 1.82) is 0 Å². The first kappa shape index (κ1) is 27.3. The quantitative estimate of drug-likeness (QED) is 0.378.